The maximum atomic E-state index is 12.0. The van der Waals surface area contributed by atoms with Crippen LogP contribution < -0.4 is 14.4 Å². The number of nitrogens with one attached hydrogen (secondary N) is 1. The SMILES string of the molecule is COc1ncc(-c2nc(N3CCOCC3)nc3c(CN4CC(C)O[C@H](C)C4)csc23)cc1NS(C)(=O)=O. The molecule has 0 aromatic carbocycles. The third-order valence-corrected chi connectivity index (χ3v) is 7.89. The van der Waals surface area contributed by atoms with Crippen molar-refractivity contribution in [3.8, 4) is 17.1 Å². The molecular weight excluding hydrogens is 516 g/mol. The van der Waals surface area contributed by atoms with Crippen LogP contribution in [0.15, 0.2) is 17.6 Å². The first kappa shape index (κ1) is 26.0. The molecule has 200 valence electrons. The van der Waals surface area contributed by atoms with E-state index in [0.717, 1.165) is 41.7 Å². The zero-order valence-corrected chi connectivity index (χ0v) is 23.1. The predicted molar refractivity (Wildman–Crippen MR) is 144 cm³/mol. The molecule has 3 aromatic rings. The van der Waals surface area contributed by atoms with Crippen LogP contribution in [-0.2, 0) is 26.0 Å². The van der Waals surface area contributed by atoms with Gasteiger partial charge in [-0.3, -0.25) is 9.62 Å². The van der Waals surface area contributed by atoms with Crippen LogP contribution in [0, 0.1) is 0 Å². The van der Waals surface area contributed by atoms with Gasteiger partial charge in [-0.1, -0.05) is 0 Å². The minimum atomic E-state index is -3.54. The topological polar surface area (TPSA) is 119 Å². The van der Waals surface area contributed by atoms with Crippen molar-refractivity contribution in [2.75, 3.05) is 62.4 Å². The Morgan fingerprint density at radius 3 is 2.59 bits per heavy atom. The summed E-state index contributed by atoms with van der Waals surface area (Å²) in [5.41, 5.74) is 3.68. The number of methoxy groups -OCH3 is 1. The van der Waals surface area contributed by atoms with Crippen LogP contribution in [0.3, 0.4) is 0 Å². The normalized spacial score (nSPS) is 21.4. The van der Waals surface area contributed by atoms with Gasteiger partial charge in [0.25, 0.3) is 0 Å². The summed E-state index contributed by atoms with van der Waals surface area (Å²) in [4.78, 5) is 18.9. The summed E-state index contributed by atoms with van der Waals surface area (Å²) in [6, 6.07) is 1.71. The number of rotatable bonds is 7. The second-order valence-corrected chi connectivity index (χ2v) is 12.1. The van der Waals surface area contributed by atoms with Crippen LogP contribution >= 0.6 is 11.3 Å². The van der Waals surface area contributed by atoms with E-state index in [1.165, 1.54) is 7.11 Å². The van der Waals surface area contributed by atoms with Gasteiger partial charge in [0.2, 0.25) is 21.9 Å². The molecule has 2 aliphatic heterocycles. The number of fused-ring (bicyclic) bond motifs is 1. The average Bonchev–Trinajstić information content (AvgIpc) is 3.25. The average molecular weight is 549 g/mol. The van der Waals surface area contributed by atoms with E-state index >= 15 is 0 Å². The van der Waals surface area contributed by atoms with Gasteiger partial charge in [-0.15, -0.1) is 11.3 Å². The largest absolute Gasteiger partial charge is 0.480 e. The Morgan fingerprint density at radius 2 is 1.92 bits per heavy atom. The van der Waals surface area contributed by atoms with Crippen molar-refractivity contribution in [1.29, 1.82) is 0 Å². The third-order valence-electron chi connectivity index (χ3n) is 6.27. The van der Waals surface area contributed by atoms with E-state index in [9.17, 15) is 8.42 Å². The van der Waals surface area contributed by atoms with Gasteiger partial charge in [0.15, 0.2) is 0 Å². The number of nitrogens with zero attached hydrogens (tertiary/aromatic N) is 5. The summed E-state index contributed by atoms with van der Waals surface area (Å²) in [5, 5.41) is 2.14. The van der Waals surface area contributed by atoms with Crippen LogP contribution in [-0.4, -0.2) is 93.2 Å². The smallest absolute Gasteiger partial charge is 0.238 e. The quantitative estimate of drug-likeness (QED) is 0.472. The van der Waals surface area contributed by atoms with E-state index in [1.54, 1.807) is 23.6 Å². The summed E-state index contributed by atoms with van der Waals surface area (Å²) in [5.74, 6) is 0.818. The molecule has 0 spiro atoms. The summed E-state index contributed by atoms with van der Waals surface area (Å²) in [6.45, 7) is 9.31. The lowest BCUT2D eigenvalue weighted by atomic mass is 10.1. The highest BCUT2D eigenvalue weighted by atomic mass is 32.2. The molecule has 2 atom stereocenters. The van der Waals surface area contributed by atoms with Crippen LogP contribution in [0.4, 0.5) is 11.6 Å². The van der Waals surface area contributed by atoms with Crippen molar-refractivity contribution in [2.24, 2.45) is 0 Å². The minimum Gasteiger partial charge on any atom is -0.480 e. The fourth-order valence-electron chi connectivity index (χ4n) is 4.84. The summed E-state index contributed by atoms with van der Waals surface area (Å²) >= 11 is 1.59. The number of ether oxygens (including phenoxy) is 3. The van der Waals surface area contributed by atoms with Gasteiger partial charge >= 0.3 is 0 Å². The zero-order chi connectivity index (χ0) is 26.2. The Kier molecular flexibility index (Phi) is 7.50. The Morgan fingerprint density at radius 1 is 1.19 bits per heavy atom. The highest BCUT2D eigenvalue weighted by Crippen LogP contribution is 2.37. The molecule has 0 aliphatic carbocycles. The molecule has 11 nitrogen and oxygen atoms in total. The van der Waals surface area contributed by atoms with Crippen LogP contribution in [0.25, 0.3) is 21.5 Å². The second-order valence-electron chi connectivity index (χ2n) is 9.52. The number of aromatic nitrogens is 3. The van der Waals surface area contributed by atoms with Crippen molar-refractivity contribution in [3.05, 3.63) is 23.2 Å². The van der Waals surface area contributed by atoms with Crippen molar-refractivity contribution >= 4 is 43.2 Å². The highest BCUT2D eigenvalue weighted by Gasteiger charge is 2.25. The number of hydrogen-bond donors (Lipinski definition) is 1. The molecule has 3 aromatic heterocycles. The van der Waals surface area contributed by atoms with E-state index < -0.39 is 10.0 Å². The van der Waals surface area contributed by atoms with Crippen LogP contribution in [0.2, 0.25) is 0 Å². The Bertz CT molecular complexity index is 1370. The van der Waals surface area contributed by atoms with E-state index in [1.807, 2.05) is 0 Å². The maximum absolute atomic E-state index is 12.0. The highest BCUT2D eigenvalue weighted by molar-refractivity contribution is 7.92. The monoisotopic (exact) mass is 548 g/mol. The number of sulfonamides is 1. The Hall–Kier alpha value is -2.58. The van der Waals surface area contributed by atoms with Crippen molar-refractivity contribution in [1.82, 2.24) is 19.9 Å². The number of anilines is 2. The molecule has 37 heavy (non-hydrogen) atoms. The molecule has 13 heteroatoms. The van der Waals surface area contributed by atoms with Gasteiger partial charge in [-0.25, -0.2) is 23.4 Å². The first-order valence-electron chi connectivity index (χ1n) is 12.2. The molecule has 1 unspecified atom stereocenters. The molecule has 5 heterocycles. The maximum Gasteiger partial charge on any atom is 0.238 e. The molecular formula is C24H32N6O5S2. The van der Waals surface area contributed by atoms with Gasteiger partial charge in [0.1, 0.15) is 5.69 Å². The van der Waals surface area contributed by atoms with E-state index in [-0.39, 0.29) is 23.8 Å². The first-order valence-corrected chi connectivity index (χ1v) is 15.0. The summed E-state index contributed by atoms with van der Waals surface area (Å²) < 4.78 is 44.1. The molecule has 0 saturated carbocycles. The number of morpholine rings is 2. The molecule has 2 fully saturated rings. The van der Waals surface area contributed by atoms with Gasteiger partial charge in [0.05, 0.1) is 54.7 Å². The number of pyridine rings is 1. The molecule has 0 amide bonds. The fraction of sp³-hybridized carbons (Fsp3) is 0.542. The molecule has 0 radical (unpaired) electrons. The van der Waals surface area contributed by atoms with E-state index in [0.29, 0.717) is 43.5 Å². The Balaban J connectivity index is 1.60. The molecule has 2 aliphatic rings. The Labute approximate surface area is 220 Å². The van der Waals surface area contributed by atoms with Crippen molar-refractivity contribution in [3.63, 3.8) is 0 Å². The van der Waals surface area contributed by atoms with E-state index in [4.69, 9.17) is 24.2 Å². The van der Waals surface area contributed by atoms with Crippen molar-refractivity contribution in [2.45, 2.75) is 32.6 Å². The van der Waals surface area contributed by atoms with Crippen LogP contribution in [0.1, 0.15) is 19.4 Å². The summed E-state index contributed by atoms with van der Waals surface area (Å²) in [6.07, 6.45) is 3.10. The van der Waals surface area contributed by atoms with Gasteiger partial charge in [-0.05, 0) is 25.3 Å². The number of hydrogen-bond acceptors (Lipinski definition) is 11. The van der Waals surface area contributed by atoms with Crippen LogP contribution in [0.5, 0.6) is 5.88 Å². The molecule has 0 bridgehead atoms. The summed E-state index contributed by atoms with van der Waals surface area (Å²) in [7, 11) is -2.08. The molecule has 5 rings (SSSR count). The lowest BCUT2D eigenvalue weighted by Crippen LogP contribution is -2.44. The second kappa shape index (κ2) is 10.7. The predicted octanol–water partition coefficient (Wildman–Crippen LogP) is 2.58. The lowest BCUT2D eigenvalue weighted by molar-refractivity contribution is -0.0703. The standard InChI is InChI=1S/C24H32N6O5S2/c1-15-11-29(12-16(2)35-15)13-18-14-36-22-20(26-24(27-21(18)22)30-5-7-34-8-6-30)17-9-19(28-37(4,31)32)23(33-3)25-10-17/h9-10,14-16,28H,5-8,11-13H2,1-4H3/t15-,16?/m1/s1. The van der Waals surface area contributed by atoms with Gasteiger partial charge in [0, 0.05) is 50.0 Å². The van der Waals surface area contributed by atoms with E-state index in [2.05, 4.69) is 38.7 Å². The number of thiophene rings is 1. The lowest BCUT2D eigenvalue weighted by Gasteiger charge is -2.35. The minimum absolute atomic E-state index is 0.175. The molecule has 1 N–H and O–H groups in total. The first-order chi connectivity index (χ1) is 17.7. The molecule has 2 saturated heterocycles. The third kappa shape index (κ3) is 5.96. The van der Waals surface area contributed by atoms with Gasteiger partial charge in [-0.2, -0.15) is 0 Å². The zero-order valence-electron chi connectivity index (χ0n) is 21.4. The van der Waals surface area contributed by atoms with Crippen molar-refractivity contribution < 1.29 is 22.6 Å². The fourth-order valence-corrected chi connectivity index (χ4v) is 6.39. The van der Waals surface area contributed by atoms with Gasteiger partial charge < -0.3 is 19.1 Å².